The van der Waals surface area contributed by atoms with E-state index in [9.17, 15) is 9.59 Å². The quantitative estimate of drug-likeness (QED) is 0.210. The third-order valence-corrected chi connectivity index (χ3v) is 7.88. The van der Waals surface area contributed by atoms with Crippen LogP contribution in [0.5, 0.6) is 11.5 Å². The summed E-state index contributed by atoms with van der Waals surface area (Å²) in [6.07, 6.45) is 9.95. The highest BCUT2D eigenvalue weighted by Crippen LogP contribution is 2.55. The summed E-state index contributed by atoms with van der Waals surface area (Å²) in [5.74, 6) is 0.746. The van der Waals surface area contributed by atoms with Gasteiger partial charge in [-0.25, -0.2) is 9.59 Å². The number of carbonyl (C=O) groups is 2. The molecule has 1 fully saturated rings. The first kappa shape index (κ1) is 25.3. The average Bonchev–Trinajstić information content (AvgIpc) is 3.54. The fourth-order valence-electron chi connectivity index (χ4n) is 5.70. The van der Waals surface area contributed by atoms with E-state index >= 15 is 0 Å². The first-order valence-corrected chi connectivity index (χ1v) is 13.9. The average molecular weight is 497 g/mol. The van der Waals surface area contributed by atoms with Crippen LogP contribution in [0.4, 0.5) is 0 Å². The molecule has 0 aliphatic heterocycles. The molecule has 2 bridgehead atoms. The zero-order valence-corrected chi connectivity index (χ0v) is 21.9. The van der Waals surface area contributed by atoms with Crippen LogP contribution >= 0.6 is 0 Å². The van der Waals surface area contributed by atoms with E-state index < -0.39 is 11.9 Å². The van der Waals surface area contributed by atoms with Crippen LogP contribution in [-0.2, 0) is 12.8 Å². The molecule has 0 heterocycles. The molecule has 0 N–H and O–H groups in total. The molecule has 3 aromatic carbocycles. The van der Waals surface area contributed by atoms with Crippen LogP contribution in [0.3, 0.4) is 0 Å². The summed E-state index contributed by atoms with van der Waals surface area (Å²) in [7, 11) is 0. The predicted octanol–water partition coefficient (Wildman–Crippen LogP) is 8.17. The Bertz CT molecular complexity index is 1160. The topological polar surface area (TPSA) is 52.6 Å². The highest BCUT2D eigenvalue weighted by atomic mass is 16.6. The Kier molecular flexibility index (Phi) is 7.73. The van der Waals surface area contributed by atoms with Crippen LogP contribution in [-0.4, -0.2) is 11.9 Å². The van der Waals surface area contributed by atoms with Crippen molar-refractivity contribution in [3.8, 4) is 11.5 Å². The Balaban J connectivity index is 1.37. The maximum absolute atomic E-state index is 13.1. The van der Waals surface area contributed by atoms with Crippen molar-refractivity contribution >= 4 is 11.9 Å². The summed E-state index contributed by atoms with van der Waals surface area (Å²) in [5, 5.41) is 0. The Morgan fingerprint density at radius 1 is 0.676 bits per heavy atom. The first-order valence-electron chi connectivity index (χ1n) is 13.9. The van der Waals surface area contributed by atoms with Crippen molar-refractivity contribution in [1.29, 1.82) is 0 Å². The Morgan fingerprint density at radius 2 is 1.08 bits per heavy atom. The fourth-order valence-corrected chi connectivity index (χ4v) is 5.70. The van der Waals surface area contributed by atoms with Gasteiger partial charge in [-0.3, -0.25) is 0 Å². The molecule has 3 aromatic rings. The number of aryl methyl sites for hydroxylation is 2. The van der Waals surface area contributed by atoms with Gasteiger partial charge in [0.1, 0.15) is 0 Å². The molecule has 0 radical (unpaired) electrons. The highest BCUT2D eigenvalue weighted by Gasteiger charge is 2.38. The normalized spacial score (nSPS) is 17.5. The zero-order chi connectivity index (χ0) is 25.8. The van der Waals surface area contributed by atoms with Gasteiger partial charge in [0.05, 0.1) is 11.1 Å². The lowest BCUT2D eigenvalue weighted by molar-refractivity contribution is 0.0682. The van der Waals surface area contributed by atoms with Gasteiger partial charge in [0.15, 0.2) is 11.5 Å². The molecule has 0 saturated heterocycles. The summed E-state index contributed by atoms with van der Waals surface area (Å²) in [5.41, 5.74) is 5.86. The molecule has 4 heteroatoms. The number of rotatable bonds is 10. The molecule has 5 rings (SSSR count). The second-order valence-corrected chi connectivity index (χ2v) is 10.5. The number of benzene rings is 3. The smallest absolute Gasteiger partial charge is 0.343 e. The maximum Gasteiger partial charge on any atom is 0.343 e. The van der Waals surface area contributed by atoms with E-state index in [-0.39, 0.29) is 0 Å². The first-order chi connectivity index (χ1) is 18.1. The number of carbonyl (C=O) groups excluding carboxylic acids is 2. The Morgan fingerprint density at radius 3 is 1.46 bits per heavy atom. The van der Waals surface area contributed by atoms with Crippen molar-refractivity contribution in [2.24, 2.45) is 0 Å². The number of hydrogen-bond donors (Lipinski definition) is 0. The summed E-state index contributed by atoms with van der Waals surface area (Å²) in [4.78, 5) is 26.1. The van der Waals surface area contributed by atoms with Crippen molar-refractivity contribution < 1.29 is 19.1 Å². The second kappa shape index (κ2) is 11.3. The predicted molar refractivity (Wildman–Crippen MR) is 146 cm³/mol. The van der Waals surface area contributed by atoms with E-state index in [0.29, 0.717) is 34.5 Å². The van der Waals surface area contributed by atoms with Crippen LogP contribution in [0.25, 0.3) is 0 Å². The Hall–Kier alpha value is -3.40. The molecular formula is C33H36O4. The minimum absolute atomic E-state index is 0.319. The van der Waals surface area contributed by atoms with E-state index in [1.54, 1.807) is 0 Å². The number of esters is 2. The van der Waals surface area contributed by atoms with Gasteiger partial charge >= 0.3 is 11.9 Å². The maximum atomic E-state index is 13.1. The van der Waals surface area contributed by atoms with Crippen LogP contribution in [0, 0.1) is 0 Å². The highest BCUT2D eigenvalue weighted by molar-refractivity contribution is 5.93. The molecule has 37 heavy (non-hydrogen) atoms. The molecule has 192 valence electrons. The molecule has 1 saturated carbocycles. The van der Waals surface area contributed by atoms with Gasteiger partial charge in [0.25, 0.3) is 0 Å². The number of ether oxygens (including phenoxy) is 2. The molecule has 0 spiro atoms. The van der Waals surface area contributed by atoms with Crippen LogP contribution < -0.4 is 9.47 Å². The lowest BCUT2D eigenvalue weighted by Crippen LogP contribution is -2.14. The number of hydrogen-bond acceptors (Lipinski definition) is 4. The van der Waals surface area contributed by atoms with Crippen molar-refractivity contribution in [2.45, 2.75) is 83.5 Å². The van der Waals surface area contributed by atoms with E-state index in [1.165, 1.54) is 22.3 Å². The van der Waals surface area contributed by atoms with Crippen molar-refractivity contribution in [3.63, 3.8) is 0 Å². The van der Waals surface area contributed by atoms with Gasteiger partial charge in [-0.05, 0) is 115 Å². The largest absolute Gasteiger partial charge is 0.419 e. The van der Waals surface area contributed by atoms with Crippen molar-refractivity contribution in [3.05, 3.63) is 94.0 Å². The van der Waals surface area contributed by atoms with E-state index in [4.69, 9.17) is 9.47 Å². The fraction of sp³-hybridized carbons (Fsp3) is 0.394. The van der Waals surface area contributed by atoms with E-state index in [2.05, 4.69) is 13.8 Å². The summed E-state index contributed by atoms with van der Waals surface area (Å²) < 4.78 is 11.7. The lowest BCUT2D eigenvalue weighted by atomic mass is 9.91. The molecule has 0 amide bonds. The molecule has 4 nitrogen and oxygen atoms in total. The molecule has 0 aromatic heterocycles. The summed E-state index contributed by atoms with van der Waals surface area (Å²) >= 11 is 0. The molecule has 2 atom stereocenters. The van der Waals surface area contributed by atoms with Gasteiger partial charge in [-0.15, -0.1) is 0 Å². The summed E-state index contributed by atoms with van der Waals surface area (Å²) in [6.45, 7) is 4.34. The van der Waals surface area contributed by atoms with Gasteiger partial charge in [0.2, 0.25) is 0 Å². The van der Waals surface area contributed by atoms with Gasteiger partial charge < -0.3 is 9.47 Å². The second-order valence-electron chi connectivity index (χ2n) is 10.5. The minimum atomic E-state index is -0.442. The lowest BCUT2D eigenvalue weighted by Gasteiger charge is -2.19. The molecule has 2 aliphatic rings. The van der Waals surface area contributed by atoms with Crippen LogP contribution in [0.1, 0.15) is 114 Å². The van der Waals surface area contributed by atoms with Gasteiger partial charge in [0, 0.05) is 0 Å². The third-order valence-electron chi connectivity index (χ3n) is 7.88. The zero-order valence-electron chi connectivity index (χ0n) is 21.9. The third kappa shape index (κ3) is 5.64. The minimum Gasteiger partial charge on any atom is -0.419 e. The van der Waals surface area contributed by atoms with Gasteiger partial charge in [-0.2, -0.15) is 0 Å². The molecule has 2 aliphatic carbocycles. The standard InChI is InChI=1S/C33H36O4/c1-3-5-7-22-9-13-24(14-10-22)32(34)36-30-20-28-26-17-18-27(19-26)29(28)21-31(30)37-33(35)25-15-11-23(12-16-25)8-6-4-2/h9-16,20-21,26-27H,3-8,17-19H2,1-2H3. The van der Waals surface area contributed by atoms with E-state index in [1.807, 2.05) is 60.7 Å². The van der Waals surface area contributed by atoms with Gasteiger partial charge in [-0.1, -0.05) is 51.0 Å². The number of unbranched alkanes of at least 4 members (excludes halogenated alkanes) is 2. The van der Waals surface area contributed by atoms with Crippen molar-refractivity contribution in [2.75, 3.05) is 0 Å². The van der Waals surface area contributed by atoms with Crippen LogP contribution in [0.2, 0.25) is 0 Å². The monoisotopic (exact) mass is 496 g/mol. The SMILES string of the molecule is CCCCc1ccc(C(=O)Oc2cc3c(cc2OC(=O)c2ccc(CCCC)cc2)C2CCC3C2)cc1. The van der Waals surface area contributed by atoms with E-state index in [0.717, 1.165) is 57.8 Å². The Labute approximate surface area is 220 Å². The molecule has 2 unspecified atom stereocenters. The van der Waals surface area contributed by atoms with Crippen molar-refractivity contribution in [1.82, 2.24) is 0 Å². The summed E-state index contributed by atoms with van der Waals surface area (Å²) in [6, 6.07) is 19.1. The molecular weight excluding hydrogens is 460 g/mol. The number of fused-ring (bicyclic) bond motifs is 5. The van der Waals surface area contributed by atoms with Crippen LogP contribution in [0.15, 0.2) is 60.7 Å².